The second-order valence-electron chi connectivity index (χ2n) is 30.2. The molecule has 0 spiro atoms. The highest BCUT2D eigenvalue weighted by Gasteiger charge is 2.33. The Bertz CT molecular complexity index is 7320. The molecule has 3 aliphatic rings. The monoisotopic (exact) mass is 1430 g/mol. The molecule has 21 rings (SSSR count). The zero-order valence-electron chi connectivity index (χ0n) is 63.2. The highest BCUT2D eigenvalue weighted by molar-refractivity contribution is 6.30. The number of nitrogens with zero attached hydrogens (tertiary/aromatic N) is 1. The van der Waals surface area contributed by atoms with Gasteiger partial charge in [-0.05, 0) is 231 Å². The number of aliphatic imine (C=N–C) groups is 1. The summed E-state index contributed by atoms with van der Waals surface area (Å²) in [6.07, 6.45) is 12.8. The summed E-state index contributed by atoms with van der Waals surface area (Å²) in [5.74, 6) is 0. The van der Waals surface area contributed by atoms with E-state index in [9.17, 15) is 0 Å². The van der Waals surface area contributed by atoms with Gasteiger partial charge in [0.15, 0.2) is 0 Å². The van der Waals surface area contributed by atoms with Gasteiger partial charge in [0.1, 0.15) is 0 Å². The highest BCUT2D eigenvalue weighted by atomic mass is 15.0. The molecule has 18 aromatic rings. The summed E-state index contributed by atoms with van der Waals surface area (Å²) in [7, 11) is 0. The van der Waals surface area contributed by atoms with Crippen LogP contribution in [0.25, 0.3) is 188 Å². The third-order valence-electron chi connectivity index (χ3n) is 24.4. The van der Waals surface area contributed by atoms with Gasteiger partial charge < -0.3 is 15.3 Å². The largest absolute Gasteiger partial charge is 0.374 e. The van der Waals surface area contributed by atoms with E-state index < -0.39 is 0 Å². The lowest BCUT2D eigenvalue weighted by Crippen LogP contribution is -2.26. The molecule has 4 heteroatoms. The number of aromatic nitrogens is 2. The Balaban J connectivity index is 0.866. The smallest absolute Gasteiger partial charge is 0.0739 e. The Kier molecular flexibility index (Phi) is 16.1. The lowest BCUT2D eigenvalue weighted by atomic mass is 9.87. The number of rotatable bonds is 12. The van der Waals surface area contributed by atoms with Crippen molar-refractivity contribution in [1.82, 2.24) is 15.3 Å². The predicted molar refractivity (Wildman–Crippen MR) is 479 cm³/mol. The van der Waals surface area contributed by atoms with Crippen LogP contribution in [0.5, 0.6) is 0 Å². The van der Waals surface area contributed by atoms with Crippen LogP contribution in [0, 0.1) is 0 Å². The van der Waals surface area contributed by atoms with Gasteiger partial charge in [-0.2, -0.15) is 0 Å². The van der Waals surface area contributed by atoms with Crippen molar-refractivity contribution >= 4 is 127 Å². The summed E-state index contributed by atoms with van der Waals surface area (Å²) < 4.78 is 0. The minimum Gasteiger partial charge on any atom is -0.374 e. The van der Waals surface area contributed by atoms with E-state index in [0.29, 0.717) is 0 Å². The van der Waals surface area contributed by atoms with Gasteiger partial charge in [-0.15, -0.1) is 0 Å². The first-order valence-corrected chi connectivity index (χ1v) is 39.9. The van der Waals surface area contributed by atoms with Crippen LogP contribution in [0.2, 0.25) is 0 Å². The molecule has 3 aliphatic heterocycles. The molecular formula is C108H80N4. The minimum absolute atomic E-state index is 0.279. The zero-order chi connectivity index (χ0) is 74.7. The van der Waals surface area contributed by atoms with E-state index in [-0.39, 0.29) is 6.04 Å². The quantitative estimate of drug-likeness (QED) is 0.112. The number of benzene rings is 16. The third kappa shape index (κ3) is 10.7. The Morgan fingerprint density at radius 3 is 1.08 bits per heavy atom. The molecule has 0 aliphatic carbocycles. The third-order valence-corrected chi connectivity index (χ3v) is 24.4. The number of aromatic amines is 2. The lowest BCUT2D eigenvalue weighted by molar-refractivity contribution is 0.879. The summed E-state index contributed by atoms with van der Waals surface area (Å²) in [6.45, 7) is 9.35. The zero-order valence-corrected chi connectivity index (χ0v) is 63.2. The minimum atomic E-state index is -0.279. The summed E-state index contributed by atoms with van der Waals surface area (Å²) >= 11 is 0. The fraction of sp³-hybridized carbons (Fsp3) is 0.0833. The van der Waals surface area contributed by atoms with Crippen LogP contribution in [-0.4, -0.2) is 21.7 Å². The SMILES string of the molecule is CCC1=C(c2cccc3c(-c4cccc5ccccc45)cccc23)C2=Cc3[nH]c(c(-c4ccc(-c5cccc6ccccc56)c5ccccc45)c3CC)C=C3NC(C=c4[nH]c(c(-c5cccc6c(-c7cccc8ccccc78)cccc56)c4CC)=CC1=N2)C(c1cccc2c(-c4cccc5ccccc45)cccc12)=C3CC. The molecule has 8 bridgehead atoms. The molecule has 0 saturated carbocycles. The van der Waals surface area contributed by atoms with Crippen LogP contribution in [0.1, 0.15) is 74.2 Å². The highest BCUT2D eigenvalue weighted by Crippen LogP contribution is 2.49. The first-order valence-electron chi connectivity index (χ1n) is 39.9. The maximum absolute atomic E-state index is 6.11. The van der Waals surface area contributed by atoms with Gasteiger partial charge in [-0.1, -0.05) is 343 Å². The van der Waals surface area contributed by atoms with Crippen molar-refractivity contribution in [1.29, 1.82) is 0 Å². The van der Waals surface area contributed by atoms with Crippen molar-refractivity contribution < 1.29 is 0 Å². The molecule has 1 atom stereocenters. The molecule has 0 radical (unpaired) electrons. The first-order chi connectivity index (χ1) is 55.4. The summed E-state index contributed by atoms with van der Waals surface area (Å²) in [4.78, 5) is 14.7. The topological polar surface area (TPSA) is 56.0 Å². The van der Waals surface area contributed by atoms with Crippen LogP contribution < -0.4 is 16.0 Å². The summed E-state index contributed by atoms with van der Waals surface area (Å²) in [5.41, 5.74) is 29.3. The molecule has 3 N–H and O–H groups in total. The predicted octanol–water partition coefficient (Wildman–Crippen LogP) is 26.8. The number of fused-ring (bicyclic) bond motifs is 15. The molecule has 1 unspecified atom stereocenters. The summed E-state index contributed by atoms with van der Waals surface area (Å²) in [5, 5.41) is 26.0. The molecule has 532 valence electrons. The van der Waals surface area contributed by atoms with Gasteiger partial charge in [-0.25, -0.2) is 4.99 Å². The first kappa shape index (κ1) is 66.5. The Morgan fingerprint density at radius 2 is 0.616 bits per heavy atom. The fourth-order valence-corrected chi connectivity index (χ4v) is 19.5. The molecule has 2 aromatic heterocycles. The Labute approximate surface area is 651 Å². The van der Waals surface area contributed by atoms with Gasteiger partial charge in [-0.3, -0.25) is 0 Å². The molecule has 4 nitrogen and oxygen atoms in total. The molecule has 5 heterocycles. The molecule has 0 fully saturated rings. The summed E-state index contributed by atoms with van der Waals surface area (Å²) in [6, 6.07) is 117. The van der Waals surface area contributed by atoms with Gasteiger partial charge in [0.2, 0.25) is 0 Å². The second-order valence-corrected chi connectivity index (χ2v) is 30.2. The second kappa shape index (κ2) is 27.2. The maximum Gasteiger partial charge on any atom is 0.0739 e. The van der Waals surface area contributed by atoms with E-state index >= 15 is 0 Å². The van der Waals surface area contributed by atoms with E-state index in [1.807, 2.05) is 0 Å². The van der Waals surface area contributed by atoms with Crippen molar-refractivity contribution in [3.05, 3.63) is 382 Å². The van der Waals surface area contributed by atoms with Gasteiger partial charge in [0.05, 0.1) is 17.5 Å². The van der Waals surface area contributed by atoms with Crippen molar-refractivity contribution in [3.63, 3.8) is 0 Å². The van der Waals surface area contributed by atoms with E-state index in [1.54, 1.807) is 0 Å². The van der Waals surface area contributed by atoms with E-state index in [0.717, 1.165) is 76.0 Å². The maximum atomic E-state index is 6.11. The van der Waals surface area contributed by atoms with Crippen LogP contribution in [0.15, 0.2) is 343 Å². The van der Waals surface area contributed by atoms with Crippen LogP contribution in [0.3, 0.4) is 0 Å². The van der Waals surface area contributed by atoms with Crippen LogP contribution in [-0.2, 0) is 12.8 Å². The number of H-pyrrole nitrogens is 2. The average Bonchev–Trinajstić information content (AvgIpc) is 1.54. The molecular weight excluding hydrogens is 1350 g/mol. The standard InChI is InChI=1S/C108H80N4/c1-5-69-97-62-102-107(95-58-28-52-87-84(49-25-55-91(87)95)79-45-21-35-67-31-11-15-39-75(67)79)71(7-3)99(111-102)64-104-108(96-60-59-92(81-41-17-18-42-88(81)96)80-46-22-36-68-32-12-16-40-76(68)80)72(8-4)100(112-104)63-103-106(94-57-27-51-86-83(48-24-54-90(86)94)78-44-20-34-66-30-10-14-38-74(66)78)70(6-2)98(110-103)61-101(109-97)105(69)93-56-26-50-85-82(47-23-53-89(85)93)77-43-19-33-65-29-9-13-37-73(65)77/h9-64,102,109,111-112H,5-8H2,1-4H3. The van der Waals surface area contributed by atoms with E-state index in [2.05, 4.69) is 383 Å². The van der Waals surface area contributed by atoms with Crippen LogP contribution in [0.4, 0.5) is 0 Å². The molecule has 0 saturated heterocycles. The van der Waals surface area contributed by atoms with E-state index in [1.165, 1.54) is 186 Å². The van der Waals surface area contributed by atoms with E-state index in [4.69, 9.17) is 4.99 Å². The van der Waals surface area contributed by atoms with Crippen molar-refractivity contribution in [2.24, 2.45) is 4.99 Å². The molecule has 16 aromatic carbocycles. The van der Waals surface area contributed by atoms with Gasteiger partial charge >= 0.3 is 0 Å². The number of hydrogen-bond acceptors (Lipinski definition) is 2. The average molecular weight is 1430 g/mol. The lowest BCUT2D eigenvalue weighted by Gasteiger charge is -2.17. The van der Waals surface area contributed by atoms with Crippen molar-refractivity contribution in [2.75, 3.05) is 0 Å². The Morgan fingerprint density at radius 1 is 0.268 bits per heavy atom. The fourth-order valence-electron chi connectivity index (χ4n) is 19.5. The number of allylic oxidation sites excluding steroid dienone is 3. The molecule has 112 heavy (non-hydrogen) atoms. The van der Waals surface area contributed by atoms with Crippen LogP contribution >= 0.6 is 0 Å². The van der Waals surface area contributed by atoms with Gasteiger partial charge in [0.25, 0.3) is 0 Å². The van der Waals surface area contributed by atoms with Crippen molar-refractivity contribution in [2.45, 2.75) is 59.4 Å². The van der Waals surface area contributed by atoms with Crippen molar-refractivity contribution in [3.8, 4) is 66.8 Å². The molecule has 0 amide bonds. The normalized spacial score (nSPS) is 14.2. The van der Waals surface area contributed by atoms with Gasteiger partial charge in [0, 0.05) is 44.5 Å². The number of nitrogens with one attached hydrogen (secondary N) is 3. The number of hydrogen-bond donors (Lipinski definition) is 3. The Hall–Kier alpha value is -13.7.